The molecule has 0 unspecified atom stereocenters. The number of anilines is 1. The highest BCUT2D eigenvalue weighted by atomic mass is 35.5. The van der Waals surface area contributed by atoms with E-state index in [0.717, 1.165) is 52.0 Å². The predicted octanol–water partition coefficient (Wildman–Crippen LogP) is 4.65. The van der Waals surface area contributed by atoms with Crippen LogP contribution in [0.25, 0.3) is 16.2 Å². The number of hydrogen-bond donors (Lipinski definition) is 1. The van der Waals surface area contributed by atoms with Gasteiger partial charge < -0.3 is 15.0 Å². The number of nitrogens with zero attached hydrogens (tertiary/aromatic N) is 4. The fraction of sp³-hybridized carbons (Fsp3) is 0.292. The molecule has 9 heteroatoms. The number of benzene rings is 2. The van der Waals surface area contributed by atoms with Gasteiger partial charge in [-0.15, -0.1) is 5.10 Å². The van der Waals surface area contributed by atoms with Crippen molar-refractivity contribution in [1.82, 2.24) is 19.9 Å². The molecule has 0 bridgehead atoms. The Bertz CT molecular complexity index is 1220. The van der Waals surface area contributed by atoms with Gasteiger partial charge in [-0.25, -0.2) is 9.50 Å². The first kappa shape index (κ1) is 21.7. The minimum Gasteiger partial charge on any atom is -0.497 e. The largest absolute Gasteiger partial charge is 0.497 e. The lowest BCUT2D eigenvalue weighted by Crippen LogP contribution is -2.43. The van der Waals surface area contributed by atoms with Gasteiger partial charge >= 0.3 is 0 Å². The molecule has 2 aromatic carbocycles. The molecular formula is C24H24ClN5O2S. The number of ether oxygens (including phenoxy) is 1. The number of aromatic nitrogens is 3. The number of hydrogen-bond acceptors (Lipinski definition) is 6. The van der Waals surface area contributed by atoms with Crippen molar-refractivity contribution in [2.24, 2.45) is 5.92 Å². The van der Waals surface area contributed by atoms with E-state index >= 15 is 0 Å². The Labute approximate surface area is 201 Å². The maximum absolute atomic E-state index is 12.8. The summed E-state index contributed by atoms with van der Waals surface area (Å²) in [5.41, 5.74) is 2.93. The lowest BCUT2D eigenvalue weighted by atomic mass is 9.97. The Morgan fingerprint density at radius 1 is 1.21 bits per heavy atom. The minimum atomic E-state index is -0.0582. The van der Waals surface area contributed by atoms with Crippen LogP contribution in [0.15, 0.2) is 54.7 Å². The number of fused-ring (bicyclic) bond motifs is 1. The first-order valence-electron chi connectivity index (χ1n) is 10.9. The molecule has 1 atom stereocenters. The second-order valence-electron chi connectivity index (χ2n) is 8.10. The predicted molar refractivity (Wildman–Crippen MR) is 131 cm³/mol. The van der Waals surface area contributed by atoms with Crippen LogP contribution in [-0.2, 0) is 11.3 Å². The fourth-order valence-electron chi connectivity index (χ4n) is 4.02. The zero-order valence-corrected chi connectivity index (χ0v) is 19.8. The highest BCUT2D eigenvalue weighted by Gasteiger charge is 2.27. The zero-order chi connectivity index (χ0) is 22.8. The summed E-state index contributed by atoms with van der Waals surface area (Å²) in [6.07, 6.45) is 3.78. The van der Waals surface area contributed by atoms with Gasteiger partial charge in [0.15, 0.2) is 0 Å². The minimum absolute atomic E-state index is 0.0582. The zero-order valence-electron chi connectivity index (χ0n) is 18.2. The van der Waals surface area contributed by atoms with Crippen LogP contribution in [0.5, 0.6) is 5.75 Å². The third-order valence-corrected chi connectivity index (χ3v) is 7.10. The molecule has 1 aliphatic heterocycles. The van der Waals surface area contributed by atoms with E-state index in [9.17, 15) is 4.79 Å². The van der Waals surface area contributed by atoms with E-state index in [2.05, 4.69) is 10.2 Å². The molecule has 4 aromatic rings. The number of methoxy groups -OCH3 is 1. The van der Waals surface area contributed by atoms with Crippen molar-refractivity contribution in [2.75, 3.05) is 25.1 Å². The van der Waals surface area contributed by atoms with E-state index in [1.54, 1.807) is 18.4 Å². The lowest BCUT2D eigenvalue weighted by molar-refractivity contribution is -0.125. The summed E-state index contributed by atoms with van der Waals surface area (Å²) in [7, 11) is 1.65. The quantitative estimate of drug-likeness (QED) is 0.434. The Balaban J connectivity index is 1.24. The number of carbonyl (C=O) groups excluding carboxylic acids is 1. The van der Waals surface area contributed by atoms with Crippen LogP contribution in [0.3, 0.4) is 0 Å². The molecule has 33 heavy (non-hydrogen) atoms. The van der Waals surface area contributed by atoms with Gasteiger partial charge in [0.05, 0.1) is 24.9 Å². The van der Waals surface area contributed by atoms with Gasteiger partial charge in [-0.05, 0) is 54.8 Å². The Morgan fingerprint density at radius 3 is 2.73 bits per heavy atom. The molecule has 170 valence electrons. The topological polar surface area (TPSA) is 71.8 Å². The highest BCUT2D eigenvalue weighted by molar-refractivity contribution is 7.20. The maximum Gasteiger partial charge on any atom is 0.225 e. The second-order valence-corrected chi connectivity index (χ2v) is 9.47. The molecule has 1 N–H and O–H groups in total. The number of halogens is 1. The van der Waals surface area contributed by atoms with Crippen LogP contribution >= 0.6 is 22.9 Å². The maximum atomic E-state index is 12.8. The van der Waals surface area contributed by atoms with Crippen LogP contribution in [0.4, 0.5) is 5.13 Å². The summed E-state index contributed by atoms with van der Waals surface area (Å²) in [6, 6.07) is 15.4. The highest BCUT2D eigenvalue weighted by Crippen LogP contribution is 2.30. The average molecular weight is 482 g/mol. The summed E-state index contributed by atoms with van der Waals surface area (Å²) >= 11 is 7.48. The van der Waals surface area contributed by atoms with Crippen molar-refractivity contribution >= 4 is 38.9 Å². The second kappa shape index (κ2) is 9.41. The fourth-order valence-corrected chi connectivity index (χ4v) is 5.06. The van der Waals surface area contributed by atoms with Gasteiger partial charge in [0, 0.05) is 30.2 Å². The van der Waals surface area contributed by atoms with Gasteiger partial charge in [-0.1, -0.05) is 35.1 Å². The van der Waals surface area contributed by atoms with E-state index in [-0.39, 0.29) is 11.8 Å². The standard InChI is InChI=1S/C24H24ClN5O2S/c1-32-20-10-6-17(7-11-20)21-15-30-23(27-21)33-24(28-30)29-12-2-3-18(14-29)22(31)26-13-16-4-8-19(25)9-5-16/h4-11,15,18H,2-3,12-14H2,1H3,(H,26,31)/t18-/m1/s1. The van der Waals surface area contributed by atoms with Crippen LogP contribution in [0.2, 0.25) is 5.02 Å². The Kier molecular flexibility index (Phi) is 6.20. The third kappa shape index (κ3) is 4.82. The number of nitrogens with one attached hydrogen (secondary N) is 1. The normalized spacial score (nSPS) is 16.2. The Morgan fingerprint density at radius 2 is 2.00 bits per heavy atom. The summed E-state index contributed by atoms with van der Waals surface area (Å²) < 4.78 is 7.05. The first-order chi connectivity index (χ1) is 16.1. The molecule has 1 aliphatic rings. The van der Waals surface area contributed by atoms with Gasteiger partial charge in [-0.3, -0.25) is 4.79 Å². The van der Waals surface area contributed by atoms with Gasteiger partial charge in [0.1, 0.15) is 5.75 Å². The first-order valence-corrected chi connectivity index (χ1v) is 12.1. The monoisotopic (exact) mass is 481 g/mol. The van der Waals surface area contributed by atoms with Crippen molar-refractivity contribution < 1.29 is 9.53 Å². The molecule has 0 saturated carbocycles. The molecule has 7 nitrogen and oxygen atoms in total. The number of rotatable bonds is 6. The Hall–Kier alpha value is -3.10. The number of imidazole rings is 1. The molecule has 2 aromatic heterocycles. The van der Waals surface area contributed by atoms with E-state index in [0.29, 0.717) is 18.1 Å². The van der Waals surface area contributed by atoms with Crippen LogP contribution < -0.4 is 15.0 Å². The molecule has 3 heterocycles. The molecule has 0 radical (unpaired) electrons. The van der Waals surface area contributed by atoms with Crippen LogP contribution in [0.1, 0.15) is 18.4 Å². The van der Waals surface area contributed by atoms with E-state index in [4.69, 9.17) is 26.4 Å². The lowest BCUT2D eigenvalue weighted by Gasteiger charge is -2.31. The summed E-state index contributed by atoms with van der Waals surface area (Å²) in [4.78, 5) is 20.6. The average Bonchev–Trinajstić information content (AvgIpc) is 3.43. The van der Waals surface area contributed by atoms with Crippen molar-refractivity contribution in [1.29, 1.82) is 0 Å². The smallest absolute Gasteiger partial charge is 0.225 e. The van der Waals surface area contributed by atoms with E-state index in [1.165, 1.54) is 0 Å². The van der Waals surface area contributed by atoms with Crippen molar-refractivity contribution in [3.63, 3.8) is 0 Å². The molecule has 1 saturated heterocycles. The molecule has 1 fully saturated rings. The summed E-state index contributed by atoms with van der Waals surface area (Å²) in [5.74, 6) is 0.840. The summed E-state index contributed by atoms with van der Waals surface area (Å²) in [5, 5.41) is 9.40. The number of amides is 1. The number of carbonyl (C=O) groups is 1. The molecule has 5 rings (SSSR count). The SMILES string of the molecule is COc1ccc(-c2cn3nc(N4CCC[C@@H](C(=O)NCc5ccc(Cl)cc5)C4)sc3n2)cc1. The van der Waals surface area contributed by atoms with E-state index < -0.39 is 0 Å². The summed E-state index contributed by atoms with van der Waals surface area (Å²) in [6.45, 7) is 2.06. The third-order valence-electron chi connectivity index (χ3n) is 5.86. The van der Waals surface area contributed by atoms with Crippen molar-refractivity contribution in [3.05, 3.63) is 65.3 Å². The van der Waals surface area contributed by atoms with Crippen LogP contribution in [-0.4, -0.2) is 40.7 Å². The van der Waals surface area contributed by atoms with Crippen molar-refractivity contribution in [3.8, 4) is 17.0 Å². The molecular weight excluding hydrogens is 458 g/mol. The molecule has 0 spiro atoms. The van der Waals surface area contributed by atoms with Gasteiger partial charge in [0.2, 0.25) is 16.0 Å². The molecule has 1 amide bonds. The van der Waals surface area contributed by atoms with Crippen molar-refractivity contribution in [2.45, 2.75) is 19.4 Å². The van der Waals surface area contributed by atoms with E-state index in [1.807, 2.05) is 59.2 Å². The molecule has 0 aliphatic carbocycles. The van der Waals surface area contributed by atoms with Crippen LogP contribution in [0, 0.1) is 5.92 Å². The number of piperidine rings is 1. The van der Waals surface area contributed by atoms with Gasteiger partial charge in [-0.2, -0.15) is 0 Å². The van der Waals surface area contributed by atoms with Gasteiger partial charge in [0.25, 0.3) is 0 Å².